The molecule has 2 aromatic carbocycles. The second kappa shape index (κ2) is 9.94. The Bertz CT molecular complexity index is 1000. The van der Waals surface area contributed by atoms with E-state index >= 15 is 0 Å². The summed E-state index contributed by atoms with van der Waals surface area (Å²) in [5, 5.41) is 3.00. The number of benzene rings is 2. The summed E-state index contributed by atoms with van der Waals surface area (Å²) in [6.07, 6.45) is 3.10. The van der Waals surface area contributed by atoms with Gasteiger partial charge >= 0.3 is 0 Å². The number of carbonyl (C=O) groups excluding carboxylic acids is 2. The largest absolute Gasteiger partial charge is 0.481 e. The van der Waals surface area contributed by atoms with Crippen LogP contribution in [0, 0.1) is 17.7 Å². The Labute approximate surface area is 195 Å². The van der Waals surface area contributed by atoms with E-state index in [1.165, 1.54) is 25.0 Å². The molecule has 6 heteroatoms. The summed E-state index contributed by atoms with van der Waals surface area (Å²) < 4.78 is 19.7. The van der Waals surface area contributed by atoms with Crippen molar-refractivity contribution in [1.29, 1.82) is 0 Å². The van der Waals surface area contributed by atoms with Gasteiger partial charge in [-0.3, -0.25) is 9.59 Å². The molecule has 2 unspecified atom stereocenters. The van der Waals surface area contributed by atoms with E-state index in [4.69, 9.17) is 4.74 Å². The third-order valence-electron chi connectivity index (χ3n) is 6.51. The molecule has 0 saturated heterocycles. The zero-order valence-electron chi connectivity index (χ0n) is 19.6. The van der Waals surface area contributed by atoms with Gasteiger partial charge in [-0.25, -0.2) is 4.39 Å². The molecular formula is C27H33FN2O3. The first-order valence-corrected chi connectivity index (χ1v) is 12.0. The summed E-state index contributed by atoms with van der Waals surface area (Å²) in [6, 6.07) is 11.9. The van der Waals surface area contributed by atoms with E-state index in [-0.39, 0.29) is 29.6 Å². The third kappa shape index (κ3) is 5.37. The van der Waals surface area contributed by atoms with Crippen LogP contribution < -0.4 is 10.1 Å². The molecular weight excluding hydrogens is 419 g/mol. The van der Waals surface area contributed by atoms with E-state index in [0.29, 0.717) is 31.2 Å². The van der Waals surface area contributed by atoms with E-state index in [1.807, 2.05) is 43.9 Å². The van der Waals surface area contributed by atoms with Crippen molar-refractivity contribution >= 4 is 11.8 Å². The van der Waals surface area contributed by atoms with Gasteiger partial charge < -0.3 is 15.0 Å². The highest BCUT2D eigenvalue weighted by Gasteiger charge is 2.34. The maximum Gasteiger partial charge on any atom is 0.261 e. The van der Waals surface area contributed by atoms with Crippen molar-refractivity contribution in [2.45, 2.75) is 58.6 Å². The first-order chi connectivity index (χ1) is 15.9. The van der Waals surface area contributed by atoms with Crippen molar-refractivity contribution in [3.63, 3.8) is 0 Å². The van der Waals surface area contributed by atoms with Gasteiger partial charge in [-0.05, 0) is 72.6 Å². The first kappa shape index (κ1) is 23.3. The fourth-order valence-electron chi connectivity index (χ4n) is 4.41. The molecule has 1 fully saturated rings. The maximum absolute atomic E-state index is 13.6. The van der Waals surface area contributed by atoms with Crippen molar-refractivity contribution in [3.05, 3.63) is 65.0 Å². The molecule has 2 amide bonds. The zero-order valence-corrected chi connectivity index (χ0v) is 19.6. The smallest absolute Gasteiger partial charge is 0.261 e. The molecule has 0 aromatic heterocycles. The second-order valence-electron chi connectivity index (χ2n) is 9.45. The molecule has 2 aromatic rings. The van der Waals surface area contributed by atoms with Crippen LogP contribution in [0.15, 0.2) is 42.5 Å². The Hall–Kier alpha value is -2.89. The SMILES string of the molecule is CCC(Oc1ccc2c(c1)C(c1ccc(F)cc1)N(C(=O)C(C)C)CC2)C(=O)NCC1CC1. The molecule has 0 spiro atoms. The van der Waals surface area contributed by atoms with Crippen molar-refractivity contribution in [1.82, 2.24) is 10.2 Å². The van der Waals surface area contributed by atoms with Crippen LogP contribution in [0.25, 0.3) is 0 Å². The summed E-state index contributed by atoms with van der Waals surface area (Å²) in [4.78, 5) is 27.5. The Balaban J connectivity index is 1.63. The lowest BCUT2D eigenvalue weighted by molar-refractivity contribution is -0.136. The minimum Gasteiger partial charge on any atom is -0.481 e. The van der Waals surface area contributed by atoms with Gasteiger partial charge in [0.2, 0.25) is 5.91 Å². The number of carbonyl (C=O) groups is 2. The molecule has 33 heavy (non-hydrogen) atoms. The van der Waals surface area contributed by atoms with Crippen LogP contribution in [0.3, 0.4) is 0 Å². The predicted molar refractivity (Wildman–Crippen MR) is 125 cm³/mol. The van der Waals surface area contributed by atoms with Gasteiger partial charge in [-0.2, -0.15) is 0 Å². The number of nitrogens with zero attached hydrogens (tertiary/aromatic N) is 1. The maximum atomic E-state index is 13.6. The summed E-state index contributed by atoms with van der Waals surface area (Å²) in [6.45, 7) is 7.04. The number of rotatable bonds is 8. The highest BCUT2D eigenvalue weighted by Crippen LogP contribution is 2.38. The Morgan fingerprint density at radius 1 is 1.15 bits per heavy atom. The van der Waals surface area contributed by atoms with Crippen LogP contribution in [0.4, 0.5) is 4.39 Å². The quantitative estimate of drug-likeness (QED) is 0.635. The Morgan fingerprint density at radius 2 is 1.88 bits per heavy atom. The standard InChI is InChI=1S/C27H33FN2O3/c1-4-24(26(31)29-16-18-5-6-18)33-22-12-9-19-13-14-30(27(32)17(2)3)25(23(19)15-22)20-7-10-21(28)11-8-20/h7-12,15,17-18,24-25H,4-6,13-14,16H2,1-3H3,(H,29,31). The van der Waals surface area contributed by atoms with Gasteiger partial charge in [-0.15, -0.1) is 0 Å². The number of hydrogen-bond donors (Lipinski definition) is 1. The van der Waals surface area contributed by atoms with Crippen LogP contribution in [-0.4, -0.2) is 35.9 Å². The third-order valence-corrected chi connectivity index (χ3v) is 6.51. The van der Waals surface area contributed by atoms with Crippen LogP contribution in [0.1, 0.15) is 62.8 Å². The summed E-state index contributed by atoms with van der Waals surface area (Å²) >= 11 is 0. The lowest BCUT2D eigenvalue weighted by Crippen LogP contribution is -2.42. The average molecular weight is 453 g/mol. The van der Waals surface area contributed by atoms with Crippen molar-refractivity contribution in [3.8, 4) is 5.75 Å². The highest BCUT2D eigenvalue weighted by molar-refractivity contribution is 5.81. The van der Waals surface area contributed by atoms with Crippen molar-refractivity contribution < 1.29 is 18.7 Å². The van der Waals surface area contributed by atoms with Crippen LogP contribution in [0.2, 0.25) is 0 Å². The highest BCUT2D eigenvalue weighted by atomic mass is 19.1. The Kier molecular flexibility index (Phi) is 7.01. The van der Waals surface area contributed by atoms with Crippen molar-refractivity contribution in [2.75, 3.05) is 13.1 Å². The number of halogens is 1. The van der Waals surface area contributed by atoms with E-state index in [9.17, 15) is 14.0 Å². The Morgan fingerprint density at radius 3 is 2.52 bits per heavy atom. The predicted octanol–water partition coefficient (Wildman–Crippen LogP) is 4.64. The normalized spacial score (nSPS) is 18.6. The summed E-state index contributed by atoms with van der Waals surface area (Å²) in [5.41, 5.74) is 2.96. The molecule has 1 aliphatic carbocycles. The topological polar surface area (TPSA) is 58.6 Å². The van der Waals surface area contributed by atoms with Gasteiger partial charge in [-0.1, -0.05) is 39.0 Å². The van der Waals surface area contributed by atoms with Gasteiger partial charge in [0.15, 0.2) is 6.10 Å². The lowest BCUT2D eigenvalue weighted by atomic mass is 9.87. The number of ether oxygens (including phenoxy) is 1. The molecule has 0 bridgehead atoms. The number of nitrogens with one attached hydrogen (secondary N) is 1. The molecule has 5 nitrogen and oxygen atoms in total. The van der Waals surface area contributed by atoms with Gasteiger partial charge in [0.05, 0.1) is 6.04 Å². The molecule has 4 rings (SSSR count). The second-order valence-corrected chi connectivity index (χ2v) is 9.45. The zero-order chi connectivity index (χ0) is 23.5. The van der Waals surface area contributed by atoms with Crippen LogP contribution >= 0.6 is 0 Å². The van der Waals surface area contributed by atoms with Gasteiger partial charge in [0.1, 0.15) is 11.6 Å². The molecule has 0 radical (unpaired) electrons. The number of hydrogen-bond acceptors (Lipinski definition) is 3. The monoisotopic (exact) mass is 452 g/mol. The minimum atomic E-state index is -0.567. The molecule has 2 atom stereocenters. The summed E-state index contributed by atoms with van der Waals surface area (Å²) in [7, 11) is 0. The fourth-order valence-corrected chi connectivity index (χ4v) is 4.41. The molecule has 2 aliphatic rings. The molecule has 1 saturated carbocycles. The average Bonchev–Trinajstić information content (AvgIpc) is 3.65. The van der Waals surface area contributed by atoms with Gasteiger partial charge in [0.25, 0.3) is 5.91 Å². The van der Waals surface area contributed by atoms with E-state index in [0.717, 1.165) is 23.1 Å². The van der Waals surface area contributed by atoms with Crippen LogP contribution in [-0.2, 0) is 16.0 Å². The van der Waals surface area contributed by atoms with E-state index in [2.05, 4.69) is 5.32 Å². The lowest BCUT2D eigenvalue weighted by Gasteiger charge is -2.39. The summed E-state index contributed by atoms with van der Waals surface area (Å²) in [5.74, 6) is 0.732. The number of fused-ring (bicyclic) bond motifs is 1. The van der Waals surface area contributed by atoms with Crippen molar-refractivity contribution in [2.24, 2.45) is 11.8 Å². The van der Waals surface area contributed by atoms with E-state index in [1.54, 1.807) is 12.1 Å². The molecule has 1 heterocycles. The minimum absolute atomic E-state index is 0.0622. The molecule has 1 aliphatic heterocycles. The first-order valence-electron chi connectivity index (χ1n) is 12.0. The molecule has 176 valence electrons. The fraction of sp³-hybridized carbons (Fsp3) is 0.481. The van der Waals surface area contributed by atoms with Crippen LogP contribution in [0.5, 0.6) is 5.75 Å². The number of amides is 2. The van der Waals surface area contributed by atoms with Gasteiger partial charge in [0, 0.05) is 19.0 Å². The van der Waals surface area contributed by atoms with E-state index < -0.39 is 6.10 Å². The molecule has 1 N–H and O–H groups in total.